The second-order valence-electron chi connectivity index (χ2n) is 6.00. The zero-order valence-electron chi connectivity index (χ0n) is 12.2. The van der Waals surface area contributed by atoms with Crippen LogP contribution in [0, 0.1) is 11.8 Å². The highest BCUT2D eigenvalue weighted by molar-refractivity contribution is 6.30. The van der Waals surface area contributed by atoms with E-state index in [9.17, 15) is 0 Å². The Morgan fingerprint density at radius 3 is 2.81 bits per heavy atom. The molecule has 1 aromatic rings. The molecule has 21 heavy (non-hydrogen) atoms. The van der Waals surface area contributed by atoms with Crippen molar-refractivity contribution in [2.75, 3.05) is 26.2 Å². The summed E-state index contributed by atoms with van der Waals surface area (Å²) in [5.41, 5.74) is 1.21. The van der Waals surface area contributed by atoms with Crippen LogP contribution >= 0.6 is 24.0 Å². The van der Waals surface area contributed by atoms with Crippen LogP contribution < -0.4 is 15.4 Å². The van der Waals surface area contributed by atoms with E-state index in [4.69, 9.17) is 16.3 Å². The smallest absolute Gasteiger partial charge is 0.125 e. The molecule has 0 radical (unpaired) electrons. The molecular formula is C16H24Cl2N2O. The largest absolute Gasteiger partial charge is 0.493 e. The predicted molar refractivity (Wildman–Crippen MR) is 89.6 cm³/mol. The number of benzene rings is 1. The lowest BCUT2D eigenvalue weighted by Gasteiger charge is -2.14. The van der Waals surface area contributed by atoms with Gasteiger partial charge < -0.3 is 15.4 Å². The molecule has 1 atom stereocenters. The average molecular weight is 331 g/mol. The lowest BCUT2D eigenvalue weighted by atomic mass is 10.1. The Labute approximate surface area is 138 Å². The molecule has 0 amide bonds. The summed E-state index contributed by atoms with van der Waals surface area (Å²) < 4.78 is 5.93. The molecule has 1 saturated heterocycles. The molecule has 2 aliphatic rings. The van der Waals surface area contributed by atoms with Crippen LogP contribution in [0.5, 0.6) is 5.75 Å². The molecule has 5 heteroatoms. The van der Waals surface area contributed by atoms with Crippen LogP contribution in [0.4, 0.5) is 0 Å². The van der Waals surface area contributed by atoms with E-state index in [1.54, 1.807) is 0 Å². The fourth-order valence-corrected chi connectivity index (χ4v) is 2.76. The van der Waals surface area contributed by atoms with Gasteiger partial charge >= 0.3 is 0 Å². The summed E-state index contributed by atoms with van der Waals surface area (Å²) in [6.45, 7) is 5.05. The van der Waals surface area contributed by atoms with Crippen LogP contribution in [0.1, 0.15) is 24.8 Å². The second kappa shape index (κ2) is 8.23. The van der Waals surface area contributed by atoms with E-state index < -0.39 is 0 Å². The van der Waals surface area contributed by atoms with Crippen molar-refractivity contribution < 1.29 is 4.74 Å². The van der Waals surface area contributed by atoms with E-state index in [2.05, 4.69) is 16.7 Å². The summed E-state index contributed by atoms with van der Waals surface area (Å²) in [6.07, 6.45) is 3.89. The number of rotatable bonds is 7. The lowest BCUT2D eigenvalue weighted by molar-refractivity contribution is 0.296. The molecule has 2 N–H and O–H groups in total. The van der Waals surface area contributed by atoms with Crippen molar-refractivity contribution in [2.45, 2.75) is 25.8 Å². The summed E-state index contributed by atoms with van der Waals surface area (Å²) in [5, 5.41) is 7.69. The fourth-order valence-electron chi connectivity index (χ4n) is 2.60. The van der Waals surface area contributed by atoms with Gasteiger partial charge in [0.15, 0.2) is 0 Å². The Kier molecular flexibility index (Phi) is 6.62. The number of hydrogen-bond donors (Lipinski definition) is 2. The SMILES string of the molecule is Cl.Clc1ccc(CNCC2CCNC2)c(OCC2CC2)c1. The maximum atomic E-state index is 6.08. The third-order valence-electron chi connectivity index (χ3n) is 4.11. The van der Waals surface area contributed by atoms with E-state index in [-0.39, 0.29) is 12.4 Å². The van der Waals surface area contributed by atoms with Gasteiger partial charge in [0.2, 0.25) is 0 Å². The van der Waals surface area contributed by atoms with Gasteiger partial charge in [-0.25, -0.2) is 0 Å². The van der Waals surface area contributed by atoms with Crippen molar-refractivity contribution in [3.63, 3.8) is 0 Å². The monoisotopic (exact) mass is 330 g/mol. The molecule has 0 spiro atoms. The maximum Gasteiger partial charge on any atom is 0.125 e. The number of nitrogens with one attached hydrogen (secondary N) is 2. The molecule has 1 aromatic carbocycles. The van der Waals surface area contributed by atoms with Crippen LogP contribution in [0.2, 0.25) is 5.02 Å². The van der Waals surface area contributed by atoms with E-state index >= 15 is 0 Å². The third kappa shape index (κ3) is 5.33. The summed E-state index contributed by atoms with van der Waals surface area (Å²) in [5.74, 6) is 2.47. The Morgan fingerprint density at radius 2 is 2.10 bits per heavy atom. The van der Waals surface area contributed by atoms with Crippen LogP contribution in [-0.2, 0) is 6.54 Å². The lowest BCUT2D eigenvalue weighted by Crippen LogP contribution is -2.24. The fraction of sp³-hybridized carbons (Fsp3) is 0.625. The van der Waals surface area contributed by atoms with Gasteiger partial charge in [0.25, 0.3) is 0 Å². The van der Waals surface area contributed by atoms with Gasteiger partial charge in [-0.15, -0.1) is 12.4 Å². The molecule has 2 fully saturated rings. The Bertz CT molecular complexity index is 446. The zero-order valence-corrected chi connectivity index (χ0v) is 13.8. The second-order valence-corrected chi connectivity index (χ2v) is 6.43. The van der Waals surface area contributed by atoms with Gasteiger partial charge in [-0.1, -0.05) is 17.7 Å². The average Bonchev–Trinajstić information content (AvgIpc) is 3.13. The van der Waals surface area contributed by atoms with Gasteiger partial charge in [0.05, 0.1) is 6.61 Å². The van der Waals surface area contributed by atoms with E-state index in [0.29, 0.717) is 0 Å². The van der Waals surface area contributed by atoms with Gasteiger partial charge in [-0.3, -0.25) is 0 Å². The van der Waals surface area contributed by atoms with Crippen molar-refractivity contribution in [2.24, 2.45) is 11.8 Å². The highest BCUT2D eigenvalue weighted by Gasteiger charge is 2.22. The standard InChI is InChI=1S/C16H23ClN2O.ClH/c17-15-4-3-14(10-19-9-13-5-6-18-8-13)16(7-15)20-11-12-1-2-12;/h3-4,7,12-13,18-19H,1-2,5-6,8-11H2;1H. The molecule has 0 aromatic heterocycles. The van der Waals surface area contributed by atoms with Crippen molar-refractivity contribution in [1.82, 2.24) is 10.6 Å². The predicted octanol–water partition coefficient (Wildman–Crippen LogP) is 3.25. The topological polar surface area (TPSA) is 33.3 Å². The highest BCUT2D eigenvalue weighted by Crippen LogP contribution is 2.31. The van der Waals surface area contributed by atoms with E-state index in [0.717, 1.165) is 55.4 Å². The van der Waals surface area contributed by atoms with Gasteiger partial charge in [-0.05, 0) is 62.9 Å². The van der Waals surface area contributed by atoms with Crippen LogP contribution in [0.25, 0.3) is 0 Å². The van der Waals surface area contributed by atoms with Gasteiger partial charge in [0.1, 0.15) is 5.75 Å². The van der Waals surface area contributed by atoms with Gasteiger partial charge in [-0.2, -0.15) is 0 Å². The molecule has 1 saturated carbocycles. The maximum absolute atomic E-state index is 6.08. The normalized spacial score (nSPS) is 21.1. The number of hydrogen-bond acceptors (Lipinski definition) is 3. The Balaban J connectivity index is 0.00000161. The first kappa shape index (κ1) is 16.9. The molecular weight excluding hydrogens is 307 g/mol. The summed E-state index contributed by atoms with van der Waals surface area (Å²) >= 11 is 6.08. The Hall–Kier alpha value is -0.480. The van der Waals surface area contributed by atoms with Crippen molar-refractivity contribution in [3.8, 4) is 5.75 Å². The molecule has 1 aliphatic heterocycles. The summed E-state index contributed by atoms with van der Waals surface area (Å²) in [4.78, 5) is 0. The zero-order chi connectivity index (χ0) is 13.8. The van der Waals surface area contributed by atoms with E-state index in [1.807, 2.05) is 12.1 Å². The Morgan fingerprint density at radius 1 is 1.24 bits per heavy atom. The molecule has 3 nitrogen and oxygen atoms in total. The number of halogens is 2. The van der Waals surface area contributed by atoms with Crippen LogP contribution in [0.15, 0.2) is 18.2 Å². The first-order chi connectivity index (χ1) is 9.81. The molecule has 3 rings (SSSR count). The van der Waals surface area contributed by atoms with E-state index in [1.165, 1.54) is 24.8 Å². The third-order valence-corrected chi connectivity index (χ3v) is 4.35. The molecule has 1 heterocycles. The minimum Gasteiger partial charge on any atom is -0.493 e. The number of ether oxygens (including phenoxy) is 1. The van der Waals surface area contributed by atoms with Crippen LogP contribution in [0.3, 0.4) is 0 Å². The molecule has 1 aliphatic carbocycles. The van der Waals surface area contributed by atoms with Crippen molar-refractivity contribution in [3.05, 3.63) is 28.8 Å². The minimum atomic E-state index is 0. The van der Waals surface area contributed by atoms with Crippen molar-refractivity contribution >= 4 is 24.0 Å². The quantitative estimate of drug-likeness (QED) is 0.805. The summed E-state index contributed by atoms with van der Waals surface area (Å²) in [7, 11) is 0. The minimum absolute atomic E-state index is 0. The first-order valence-corrected chi connectivity index (χ1v) is 8.02. The highest BCUT2D eigenvalue weighted by atomic mass is 35.5. The molecule has 1 unspecified atom stereocenters. The molecule has 118 valence electrons. The molecule has 0 bridgehead atoms. The first-order valence-electron chi connectivity index (χ1n) is 7.64. The summed E-state index contributed by atoms with van der Waals surface area (Å²) in [6, 6.07) is 5.96. The van der Waals surface area contributed by atoms with Gasteiger partial charge in [0, 0.05) is 17.1 Å². The van der Waals surface area contributed by atoms with Crippen molar-refractivity contribution in [1.29, 1.82) is 0 Å². The van der Waals surface area contributed by atoms with Crippen LogP contribution in [-0.4, -0.2) is 26.2 Å².